The van der Waals surface area contributed by atoms with Crippen LogP contribution >= 0.6 is 11.6 Å². The Balaban J connectivity index is 1.06. The zero-order valence-electron chi connectivity index (χ0n) is 30.4. The Hall–Kier alpha value is -4.29. The van der Waals surface area contributed by atoms with E-state index in [2.05, 4.69) is 19.9 Å². The number of aryl methyl sites for hydroxylation is 1. The van der Waals surface area contributed by atoms with E-state index in [9.17, 15) is 22.4 Å². The summed E-state index contributed by atoms with van der Waals surface area (Å²) >= 11 is 5.65. The Morgan fingerprint density at radius 1 is 0.673 bits per heavy atom. The molecule has 2 heterocycles. The van der Waals surface area contributed by atoms with Crippen LogP contribution in [0.25, 0.3) is 11.2 Å². The fourth-order valence-corrected chi connectivity index (χ4v) is 5.22. The number of nitrogens with one attached hydrogen (secondary N) is 1. The summed E-state index contributed by atoms with van der Waals surface area (Å²) in [7, 11) is 0. The first-order valence-corrected chi connectivity index (χ1v) is 18.5. The molecule has 2 aromatic heterocycles. The van der Waals surface area contributed by atoms with Gasteiger partial charge < -0.3 is 43.9 Å². The summed E-state index contributed by atoms with van der Waals surface area (Å²) in [5.74, 6) is -9.43. The fraction of sp³-hybridized carbons (Fsp3) is 0.514. The zero-order valence-corrected chi connectivity index (χ0v) is 31.2. The quantitative estimate of drug-likeness (QED) is 0.0274. The Morgan fingerprint density at radius 2 is 1.22 bits per heavy atom. The molecule has 0 fully saturated rings. The van der Waals surface area contributed by atoms with Crippen molar-refractivity contribution in [3.05, 3.63) is 65.0 Å². The molecule has 0 bridgehead atoms. The highest BCUT2D eigenvalue weighted by Crippen LogP contribution is 2.34. The van der Waals surface area contributed by atoms with Crippen molar-refractivity contribution >= 4 is 34.5 Å². The minimum absolute atomic E-state index is 0.0205. The van der Waals surface area contributed by atoms with Crippen molar-refractivity contribution in [2.45, 2.75) is 51.6 Å². The van der Waals surface area contributed by atoms with Gasteiger partial charge in [-0.25, -0.2) is 4.98 Å². The minimum Gasteiger partial charge on any atom is -0.485 e. The Kier molecular flexibility index (Phi) is 19.2. The number of ketones is 1. The van der Waals surface area contributed by atoms with Gasteiger partial charge in [-0.3, -0.25) is 4.79 Å². The van der Waals surface area contributed by atoms with Gasteiger partial charge in [0.2, 0.25) is 35.1 Å². The number of halogens is 5. The number of H-pyrrole nitrogens is 1. The number of rotatable bonds is 29. The van der Waals surface area contributed by atoms with Crippen LogP contribution in [-0.4, -0.2) is 97.7 Å². The monoisotopic (exact) mass is 799 g/mol. The summed E-state index contributed by atoms with van der Waals surface area (Å²) in [4.78, 5) is 27.4. The number of carbonyl (C=O) groups is 1. The number of nitrogen functional groups attached to an aromatic ring is 1. The standard InChI is InChI=1S/C37H46ClF4N5O8/c38-12-4-2-1-3-5-13-49-14-15-50-16-17-51-18-19-52-20-21-53-33-28(39)30(41)34(31(42)29(33)40)54-23-27(48)11-10-25-6-8-26(9-7-25)22-55-36-32-35(45-24-44-32)46-37(43)47-36/h6-9,24H,1-5,10-23H2,(H3,43,44,45,46,47). The molecule has 18 heteroatoms. The summed E-state index contributed by atoms with van der Waals surface area (Å²) < 4.78 is 95.6. The minimum atomic E-state index is -1.82. The highest BCUT2D eigenvalue weighted by molar-refractivity contribution is 6.17. The largest absolute Gasteiger partial charge is 0.485 e. The van der Waals surface area contributed by atoms with Gasteiger partial charge in [-0.05, 0) is 30.4 Å². The molecular weight excluding hydrogens is 754 g/mol. The number of hydrogen-bond donors (Lipinski definition) is 2. The molecule has 4 rings (SSSR count). The lowest BCUT2D eigenvalue weighted by atomic mass is 10.1. The number of ether oxygens (including phenoxy) is 7. The average molecular weight is 800 g/mol. The van der Waals surface area contributed by atoms with E-state index in [1.54, 1.807) is 24.3 Å². The van der Waals surface area contributed by atoms with E-state index in [1.165, 1.54) is 6.33 Å². The second-order valence-electron chi connectivity index (χ2n) is 12.1. The van der Waals surface area contributed by atoms with E-state index >= 15 is 0 Å². The molecule has 2 aromatic carbocycles. The molecule has 0 atom stereocenters. The number of anilines is 1. The maximum absolute atomic E-state index is 14.6. The second-order valence-corrected chi connectivity index (χ2v) is 12.5. The lowest BCUT2D eigenvalue weighted by Crippen LogP contribution is -2.16. The molecule has 0 aliphatic carbocycles. The van der Waals surface area contributed by atoms with Gasteiger partial charge in [0.1, 0.15) is 25.3 Å². The van der Waals surface area contributed by atoms with E-state index in [0.717, 1.165) is 43.2 Å². The summed E-state index contributed by atoms with van der Waals surface area (Å²) in [6, 6.07) is 7.13. The maximum atomic E-state index is 14.6. The molecule has 0 radical (unpaired) electrons. The third-order valence-corrected chi connectivity index (χ3v) is 8.20. The van der Waals surface area contributed by atoms with Gasteiger partial charge in [0.05, 0.1) is 52.6 Å². The molecule has 302 valence electrons. The molecule has 0 saturated carbocycles. The SMILES string of the molecule is Nc1nc(OCc2ccc(CCC(=O)COc3c(F)c(F)c(OCCOCCOCCOCCOCCCCCCCCl)c(F)c3F)cc2)c2[nH]cnc2n1. The number of alkyl halides is 1. The Labute approximate surface area is 321 Å². The van der Waals surface area contributed by atoms with E-state index in [4.69, 9.17) is 50.5 Å². The van der Waals surface area contributed by atoms with Crippen LogP contribution in [0, 0.1) is 23.3 Å². The predicted octanol–water partition coefficient (Wildman–Crippen LogP) is 6.29. The van der Waals surface area contributed by atoms with Crippen LogP contribution in [0.2, 0.25) is 0 Å². The van der Waals surface area contributed by atoms with Crippen molar-refractivity contribution in [3.63, 3.8) is 0 Å². The fourth-order valence-electron chi connectivity index (χ4n) is 5.03. The number of carbonyl (C=O) groups excluding carboxylic acids is 1. The Morgan fingerprint density at radius 3 is 1.85 bits per heavy atom. The molecule has 4 aromatic rings. The molecule has 0 unspecified atom stereocenters. The molecule has 55 heavy (non-hydrogen) atoms. The van der Waals surface area contributed by atoms with Crippen LogP contribution in [0.15, 0.2) is 30.6 Å². The van der Waals surface area contributed by atoms with Gasteiger partial charge in [-0.1, -0.05) is 43.5 Å². The molecule has 0 spiro atoms. The van der Waals surface area contributed by atoms with Crippen molar-refractivity contribution in [2.75, 3.05) is 77.7 Å². The van der Waals surface area contributed by atoms with Crippen LogP contribution in [0.5, 0.6) is 17.4 Å². The number of fused-ring (bicyclic) bond motifs is 1. The third-order valence-electron chi connectivity index (χ3n) is 7.93. The highest BCUT2D eigenvalue weighted by Gasteiger charge is 2.28. The van der Waals surface area contributed by atoms with Crippen LogP contribution in [-0.2, 0) is 36.8 Å². The molecular formula is C37H46ClF4N5O8. The molecule has 0 amide bonds. The first kappa shape index (κ1) is 43.4. The van der Waals surface area contributed by atoms with Crippen LogP contribution in [0.3, 0.4) is 0 Å². The second kappa shape index (κ2) is 24.3. The first-order chi connectivity index (χ1) is 26.8. The topological polar surface area (TPSA) is 162 Å². The number of hydrogen-bond acceptors (Lipinski definition) is 12. The number of benzene rings is 2. The zero-order chi connectivity index (χ0) is 39.3. The molecule has 0 aliphatic heterocycles. The summed E-state index contributed by atoms with van der Waals surface area (Å²) in [5, 5.41) is 0. The first-order valence-electron chi connectivity index (χ1n) is 18.0. The van der Waals surface area contributed by atoms with Crippen molar-refractivity contribution in [1.29, 1.82) is 0 Å². The maximum Gasteiger partial charge on any atom is 0.245 e. The van der Waals surface area contributed by atoms with E-state index in [0.29, 0.717) is 50.1 Å². The van der Waals surface area contributed by atoms with Crippen LogP contribution in [0.1, 0.15) is 49.7 Å². The Bertz CT molecular complexity index is 1730. The summed E-state index contributed by atoms with van der Waals surface area (Å²) in [6.07, 6.45) is 7.15. The average Bonchev–Trinajstić information content (AvgIpc) is 3.66. The molecule has 0 aliphatic rings. The van der Waals surface area contributed by atoms with Crippen LogP contribution < -0.4 is 19.9 Å². The normalized spacial score (nSPS) is 11.4. The van der Waals surface area contributed by atoms with Gasteiger partial charge in [-0.15, -0.1) is 11.6 Å². The van der Waals surface area contributed by atoms with Gasteiger partial charge in [0.15, 0.2) is 22.9 Å². The van der Waals surface area contributed by atoms with Crippen molar-refractivity contribution in [1.82, 2.24) is 19.9 Å². The van der Waals surface area contributed by atoms with Gasteiger partial charge >= 0.3 is 0 Å². The van der Waals surface area contributed by atoms with Crippen molar-refractivity contribution in [2.24, 2.45) is 0 Å². The number of nitrogens with zero attached hydrogens (tertiary/aromatic N) is 3. The number of Topliss-reactive ketones (excluding diaryl/α,β-unsaturated/α-hetero) is 1. The molecule has 13 nitrogen and oxygen atoms in total. The van der Waals surface area contributed by atoms with Crippen molar-refractivity contribution < 1.29 is 55.5 Å². The lowest BCUT2D eigenvalue weighted by molar-refractivity contribution is -0.121. The van der Waals surface area contributed by atoms with Crippen molar-refractivity contribution in [3.8, 4) is 17.4 Å². The van der Waals surface area contributed by atoms with E-state index in [1.807, 2.05) is 0 Å². The van der Waals surface area contributed by atoms with E-state index < -0.39 is 53.8 Å². The predicted molar refractivity (Wildman–Crippen MR) is 195 cm³/mol. The van der Waals surface area contributed by atoms with Gasteiger partial charge in [0.25, 0.3) is 0 Å². The lowest BCUT2D eigenvalue weighted by Gasteiger charge is -2.14. The summed E-state index contributed by atoms with van der Waals surface area (Å²) in [5.41, 5.74) is 8.16. The number of imidazole rings is 1. The number of unbranched alkanes of at least 4 members (excludes halogenated alkanes) is 4. The number of aromatic nitrogens is 4. The third kappa shape index (κ3) is 14.7. The van der Waals surface area contributed by atoms with Gasteiger partial charge in [-0.2, -0.15) is 27.5 Å². The highest BCUT2D eigenvalue weighted by atomic mass is 35.5. The number of nitrogens with two attached hydrogens (primary N) is 1. The molecule has 0 saturated heterocycles. The molecule has 3 N–H and O–H groups in total. The van der Waals surface area contributed by atoms with Crippen LogP contribution in [0.4, 0.5) is 23.5 Å². The summed E-state index contributed by atoms with van der Waals surface area (Å²) in [6.45, 7) is 1.56. The van der Waals surface area contributed by atoms with E-state index in [-0.39, 0.29) is 51.1 Å². The van der Waals surface area contributed by atoms with Gasteiger partial charge in [0, 0.05) is 18.9 Å². The number of aromatic amines is 1. The smallest absolute Gasteiger partial charge is 0.245 e.